The Labute approximate surface area is 126 Å². The van der Waals surface area contributed by atoms with Crippen LogP contribution < -0.4 is 4.90 Å². The number of alkyl halides is 1. The molecule has 2 aromatic rings. The second-order valence-corrected chi connectivity index (χ2v) is 6.08. The summed E-state index contributed by atoms with van der Waals surface area (Å²) in [6.45, 7) is 4.08. The standard InChI is InChI=1S/C18H20ClN/c1-14-8-10-15(11-9-14)17(19)13-20-12-4-6-16-5-2-3-7-18(16)20/h2-3,5,7-11,17H,4,6,12-13H2,1H3. The maximum Gasteiger partial charge on any atom is 0.0760 e. The van der Waals surface area contributed by atoms with Crippen molar-refractivity contribution in [2.45, 2.75) is 25.1 Å². The van der Waals surface area contributed by atoms with Crippen LogP contribution in [0.25, 0.3) is 0 Å². The van der Waals surface area contributed by atoms with Crippen LogP contribution in [-0.2, 0) is 6.42 Å². The van der Waals surface area contributed by atoms with Gasteiger partial charge in [-0.15, -0.1) is 11.6 Å². The maximum atomic E-state index is 6.62. The van der Waals surface area contributed by atoms with Crippen molar-refractivity contribution in [3.63, 3.8) is 0 Å². The van der Waals surface area contributed by atoms with Gasteiger partial charge in [0, 0.05) is 18.8 Å². The Hall–Kier alpha value is -1.47. The minimum Gasteiger partial charge on any atom is -0.369 e. The third-order valence-corrected chi connectivity index (χ3v) is 4.42. The van der Waals surface area contributed by atoms with E-state index in [0.29, 0.717) is 0 Å². The first-order chi connectivity index (χ1) is 9.74. The molecule has 1 aliphatic rings. The molecule has 1 nitrogen and oxygen atoms in total. The van der Waals surface area contributed by atoms with Crippen LogP contribution in [0.15, 0.2) is 48.5 Å². The first kappa shape index (κ1) is 13.5. The fourth-order valence-corrected chi connectivity index (χ4v) is 3.19. The van der Waals surface area contributed by atoms with Crippen LogP contribution in [0.3, 0.4) is 0 Å². The summed E-state index contributed by atoms with van der Waals surface area (Å²) in [6, 6.07) is 17.2. The molecule has 0 saturated heterocycles. The van der Waals surface area contributed by atoms with Crippen molar-refractivity contribution in [2.24, 2.45) is 0 Å². The molecule has 1 unspecified atom stereocenters. The number of hydrogen-bond acceptors (Lipinski definition) is 1. The Balaban J connectivity index is 1.77. The zero-order valence-electron chi connectivity index (χ0n) is 11.8. The van der Waals surface area contributed by atoms with Gasteiger partial charge in [0.15, 0.2) is 0 Å². The highest BCUT2D eigenvalue weighted by molar-refractivity contribution is 6.21. The summed E-state index contributed by atoms with van der Waals surface area (Å²) in [5, 5.41) is 0.0433. The normalized spacial score (nSPS) is 15.8. The quantitative estimate of drug-likeness (QED) is 0.737. The van der Waals surface area contributed by atoms with Gasteiger partial charge in [-0.2, -0.15) is 0 Å². The van der Waals surface area contributed by atoms with Crippen LogP contribution in [0.5, 0.6) is 0 Å². The van der Waals surface area contributed by atoms with Crippen LogP contribution >= 0.6 is 11.6 Å². The molecule has 20 heavy (non-hydrogen) atoms. The molecule has 1 heterocycles. The lowest BCUT2D eigenvalue weighted by Gasteiger charge is -2.32. The van der Waals surface area contributed by atoms with E-state index in [2.05, 4.69) is 60.4 Å². The second-order valence-electron chi connectivity index (χ2n) is 5.56. The molecule has 2 aromatic carbocycles. The molecule has 2 heteroatoms. The smallest absolute Gasteiger partial charge is 0.0760 e. The number of aryl methyl sites for hydroxylation is 2. The lowest BCUT2D eigenvalue weighted by atomic mass is 10.0. The number of benzene rings is 2. The van der Waals surface area contributed by atoms with E-state index in [1.54, 1.807) is 0 Å². The van der Waals surface area contributed by atoms with Gasteiger partial charge in [-0.1, -0.05) is 48.0 Å². The molecule has 0 saturated carbocycles. The van der Waals surface area contributed by atoms with E-state index < -0.39 is 0 Å². The zero-order chi connectivity index (χ0) is 13.9. The maximum absolute atomic E-state index is 6.62. The molecule has 0 spiro atoms. The SMILES string of the molecule is Cc1ccc(C(Cl)CN2CCCc3ccccc32)cc1. The molecule has 1 atom stereocenters. The lowest BCUT2D eigenvalue weighted by Crippen LogP contribution is -2.32. The van der Waals surface area contributed by atoms with E-state index in [1.807, 2.05) is 0 Å². The number of para-hydroxylation sites is 1. The molecule has 0 bridgehead atoms. The second kappa shape index (κ2) is 5.88. The van der Waals surface area contributed by atoms with Crippen molar-refractivity contribution in [3.05, 3.63) is 65.2 Å². The van der Waals surface area contributed by atoms with Gasteiger partial charge < -0.3 is 4.90 Å². The zero-order valence-corrected chi connectivity index (χ0v) is 12.6. The summed E-state index contributed by atoms with van der Waals surface area (Å²) in [5.74, 6) is 0. The van der Waals surface area contributed by atoms with Crippen molar-refractivity contribution in [2.75, 3.05) is 18.0 Å². The molecule has 0 aromatic heterocycles. The molecular formula is C18H20ClN. The first-order valence-corrected chi connectivity index (χ1v) is 7.71. The van der Waals surface area contributed by atoms with Crippen molar-refractivity contribution < 1.29 is 0 Å². The van der Waals surface area contributed by atoms with Gasteiger partial charge in [0.25, 0.3) is 0 Å². The minimum atomic E-state index is 0.0433. The Morgan fingerprint density at radius 1 is 1.10 bits per heavy atom. The third kappa shape index (κ3) is 2.83. The fraction of sp³-hybridized carbons (Fsp3) is 0.333. The monoisotopic (exact) mass is 285 g/mol. The van der Waals surface area contributed by atoms with Crippen LogP contribution in [0.4, 0.5) is 5.69 Å². The molecule has 0 aliphatic carbocycles. The largest absolute Gasteiger partial charge is 0.369 e. The molecule has 104 valence electrons. The van der Waals surface area contributed by atoms with Gasteiger partial charge in [0.05, 0.1) is 5.38 Å². The van der Waals surface area contributed by atoms with Crippen LogP contribution in [0.2, 0.25) is 0 Å². The third-order valence-electron chi connectivity index (χ3n) is 4.03. The van der Waals surface area contributed by atoms with E-state index in [-0.39, 0.29) is 5.38 Å². The van der Waals surface area contributed by atoms with Crippen LogP contribution in [-0.4, -0.2) is 13.1 Å². The summed E-state index contributed by atoms with van der Waals surface area (Å²) >= 11 is 6.62. The average molecular weight is 286 g/mol. The highest BCUT2D eigenvalue weighted by atomic mass is 35.5. The number of fused-ring (bicyclic) bond motifs is 1. The minimum absolute atomic E-state index is 0.0433. The number of halogens is 1. The number of anilines is 1. The average Bonchev–Trinajstić information content (AvgIpc) is 2.48. The molecule has 3 rings (SSSR count). The van der Waals surface area contributed by atoms with Gasteiger partial charge >= 0.3 is 0 Å². The number of nitrogens with zero attached hydrogens (tertiary/aromatic N) is 1. The molecule has 0 amide bonds. The van der Waals surface area contributed by atoms with Crippen LogP contribution in [0, 0.1) is 6.92 Å². The molecule has 1 aliphatic heterocycles. The van der Waals surface area contributed by atoms with Crippen LogP contribution in [0.1, 0.15) is 28.5 Å². The first-order valence-electron chi connectivity index (χ1n) is 7.27. The Morgan fingerprint density at radius 2 is 1.85 bits per heavy atom. The van der Waals surface area contributed by atoms with Crippen molar-refractivity contribution >= 4 is 17.3 Å². The number of rotatable bonds is 3. The molecule has 0 N–H and O–H groups in total. The van der Waals surface area contributed by atoms with Gasteiger partial charge in [-0.3, -0.25) is 0 Å². The molecular weight excluding hydrogens is 266 g/mol. The Bertz CT molecular complexity index is 576. The van der Waals surface area contributed by atoms with Gasteiger partial charge in [0.1, 0.15) is 0 Å². The fourth-order valence-electron chi connectivity index (χ4n) is 2.88. The summed E-state index contributed by atoms with van der Waals surface area (Å²) in [5.41, 5.74) is 5.30. The highest BCUT2D eigenvalue weighted by Crippen LogP contribution is 2.30. The molecule has 0 radical (unpaired) electrons. The Morgan fingerprint density at radius 3 is 2.65 bits per heavy atom. The van der Waals surface area contributed by atoms with Crippen molar-refractivity contribution in [1.82, 2.24) is 0 Å². The Kier molecular flexibility index (Phi) is 3.98. The lowest BCUT2D eigenvalue weighted by molar-refractivity contribution is 0.681. The highest BCUT2D eigenvalue weighted by Gasteiger charge is 2.19. The van der Waals surface area contributed by atoms with Gasteiger partial charge in [-0.25, -0.2) is 0 Å². The summed E-state index contributed by atoms with van der Waals surface area (Å²) in [4.78, 5) is 2.43. The summed E-state index contributed by atoms with van der Waals surface area (Å²) in [7, 11) is 0. The predicted octanol–water partition coefficient (Wildman–Crippen LogP) is 4.73. The van der Waals surface area contributed by atoms with E-state index in [0.717, 1.165) is 13.1 Å². The van der Waals surface area contributed by atoms with Gasteiger partial charge in [0.2, 0.25) is 0 Å². The van der Waals surface area contributed by atoms with Crippen molar-refractivity contribution in [3.8, 4) is 0 Å². The summed E-state index contributed by atoms with van der Waals surface area (Å²) < 4.78 is 0. The van der Waals surface area contributed by atoms with Crippen molar-refractivity contribution in [1.29, 1.82) is 0 Å². The van der Waals surface area contributed by atoms with Gasteiger partial charge in [-0.05, 0) is 37.0 Å². The topological polar surface area (TPSA) is 3.24 Å². The van der Waals surface area contributed by atoms with E-state index in [9.17, 15) is 0 Å². The number of hydrogen-bond donors (Lipinski definition) is 0. The van der Waals surface area contributed by atoms with E-state index in [4.69, 9.17) is 11.6 Å². The molecule has 0 fully saturated rings. The predicted molar refractivity (Wildman–Crippen MR) is 86.7 cm³/mol. The summed E-state index contributed by atoms with van der Waals surface area (Å²) in [6.07, 6.45) is 2.40. The van der Waals surface area contributed by atoms with E-state index >= 15 is 0 Å². The van der Waals surface area contributed by atoms with E-state index in [1.165, 1.54) is 35.2 Å².